The van der Waals surface area contributed by atoms with E-state index in [0.29, 0.717) is 0 Å². The molecule has 696 valence electrons. The summed E-state index contributed by atoms with van der Waals surface area (Å²) in [6, 6.07) is 186. The number of benzene rings is 21. The van der Waals surface area contributed by atoms with E-state index in [1.54, 1.807) is 0 Å². The molecular weight excluding hydrogens is 1730 g/mol. The summed E-state index contributed by atoms with van der Waals surface area (Å²) in [4.78, 5) is 0. The predicted molar refractivity (Wildman–Crippen MR) is 608 cm³/mol. The van der Waals surface area contributed by atoms with E-state index < -0.39 is 0 Å². The molecule has 0 atom stereocenters. The van der Waals surface area contributed by atoms with Gasteiger partial charge in [-0.15, -0.1) is 0 Å². The fraction of sp³-hybridized carbons (Fsp3) is 0.125. The normalized spacial score (nSPS) is 14.2. The lowest BCUT2D eigenvalue weighted by Gasteiger charge is -2.34. The van der Waals surface area contributed by atoms with Crippen molar-refractivity contribution in [1.82, 2.24) is 0 Å². The summed E-state index contributed by atoms with van der Waals surface area (Å²) in [6.45, 7) is 27.1. The maximum Gasteiger partial charge on any atom is 0.0713 e. The summed E-state index contributed by atoms with van der Waals surface area (Å²) < 4.78 is 0. The van der Waals surface area contributed by atoms with Crippen molar-refractivity contribution in [1.29, 1.82) is 0 Å². The zero-order valence-corrected chi connectivity index (χ0v) is 84.5. The molecule has 0 bridgehead atoms. The van der Waals surface area contributed by atoms with Gasteiger partial charge in [-0.05, 0) is 271 Å². The first kappa shape index (κ1) is 92.6. The highest BCUT2D eigenvalue weighted by atomic mass is 14.5. The molecule has 0 saturated heterocycles. The van der Waals surface area contributed by atoms with E-state index in [1.165, 1.54) is 234 Å². The van der Waals surface area contributed by atoms with Gasteiger partial charge in [0.05, 0.1) is 16.2 Å². The van der Waals surface area contributed by atoms with Crippen LogP contribution in [0.2, 0.25) is 0 Å². The van der Waals surface area contributed by atoms with Crippen LogP contribution in [-0.2, 0) is 32.5 Å². The largest absolute Gasteiger partial charge is 0.0713 e. The van der Waals surface area contributed by atoms with Gasteiger partial charge in [0.1, 0.15) is 0 Å². The minimum absolute atomic E-state index is 0.0892. The smallest absolute Gasteiger partial charge is 0.0622 e. The molecule has 0 radical (unpaired) electrons. The first-order valence-electron chi connectivity index (χ1n) is 51.1. The fourth-order valence-electron chi connectivity index (χ4n) is 25.0. The van der Waals surface area contributed by atoms with Crippen molar-refractivity contribution in [3.63, 3.8) is 0 Å². The molecule has 0 amide bonds. The second-order valence-electron chi connectivity index (χ2n) is 41.5. The highest BCUT2D eigenvalue weighted by Gasteiger charge is 2.50. The van der Waals surface area contributed by atoms with Crippen molar-refractivity contribution in [2.24, 2.45) is 0 Å². The number of aryl methyl sites for hydroxylation is 6. The van der Waals surface area contributed by atoms with Gasteiger partial charge in [-0.3, -0.25) is 0 Å². The second-order valence-corrected chi connectivity index (χ2v) is 41.5. The molecule has 21 aromatic carbocycles. The number of hydrogen-bond acceptors (Lipinski definition) is 0. The van der Waals surface area contributed by atoms with Gasteiger partial charge >= 0.3 is 0 Å². The Morgan fingerprint density at radius 1 is 0.125 bits per heavy atom. The minimum Gasteiger partial charge on any atom is -0.0622 e. The van der Waals surface area contributed by atoms with Crippen LogP contribution in [0.3, 0.4) is 0 Å². The van der Waals surface area contributed by atoms with Crippen LogP contribution in [0.15, 0.2) is 510 Å². The Kier molecular flexibility index (Phi) is 24.4. The highest BCUT2D eigenvalue weighted by Crippen LogP contribution is 2.62. The van der Waals surface area contributed by atoms with Gasteiger partial charge in [-0.1, -0.05) is 555 Å². The van der Waals surface area contributed by atoms with Gasteiger partial charge in [0.25, 0.3) is 0 Å². The second kappa shape index (κ2) is 37.9. The van der Waals surface area contributed by atoms with Crippen LogP contribution in [-0.4, -0.2) is 0 Å². The Labute approximate surface area is 852 Å². The Bertz CT molecular complexity index is 8120. The molecule has 0 heteroatoms. The zero-order chi connectivity index (χ0) is 98.6. The molecule has 6 aliphatic carbocycles. The zero-order valence-electron chi connectivity index (χ0n) is 84.5. The van der Waals surface area contributed by atoms with Crippen LogP contribution >= 0.6 is 0 Å². The maximum atomic E-state index is 2.37. The first-order valence-corrected chi connectivity index (χ1v) is 51.1. The molecule has 0 saturated carbocycles. The SMILES string of the molecule is Cc1ccc2c(c1)-c1cc(-c3ccccc3)ccc1C2(C)C.Cc1ccc2c(c1)-c1ccccc1C2(c1ccccc1)c1ccccc1.Cc1ccc2c(c1)C(C)(C)c1ccc(-c3ccccc3)cc1-2.Cc1ccc2c(c1)C(c1ccccc1)(c1ccccc1)c1ccccc1-2.Cc1cccc2c1-c1cc(-c3ccccc3)ccc1C2(C)C.Cc1cccc2c1-c1ccccc1C2(c1ccccc1)c1ccccc1. The van der Waals surface area contributed by atoms with Crippen LogP contribution < -0.4 is 0 Å². The van der Waals surface area contributed by atoms with Crippen LogP contribution in [0.5, 0.6) is 0 Å². The highest BCUT2D eigenvalue weighted by molar-refractivity contribution is 5.93. The number of fused-ring (bicyclic) bond motifs is 18. The van der Waals surface area contributed by atoms with E-state index in [9.17, 15) is 0 Å². The van der Waals surface area contributed by atoms with Crippen molar-refractivity contribution < 1.29 is 0 Å². The number of rotatable bonds is 9. The van der Waals surface area contributed by atoms with Crippen LogP contribution in [0.1, 0.15) is 175 Å². The lowest BCUT2D eigenvalue weighted by Crippen LogP contribution is -2.28. The van der Waals surface area contributed by atoms with Gasteiger partial charge < -0.3 is 0 Å². The molecular formula is C144H120. The summed E-state index contributed by atoms with van der Waals surface area (Å²) in [5.74, 6) is 0. The Morgan fingerprint density at radius 2 is 0.354 bits per heavy atom. The molecule has 27 rings (SSSR count). The summed E-state index contributed by atoms with van der Waals surface area (Å²) in [5.41, 5.74) is 56.6. The summed E-state index contributed by atoms with van der Waals surface area (Å²) in [6.07, 6.45) is 0. The van der Waals surface area contributed by atoms with Crippen LogP contribution in [0, 0.1) is 41.5 Å². The van der Waals surface area contributed by atoms with Crippen molar-refractivity contribution in [2.45, 2.75) is 116 Å². The third kappa shape index (κ3) is 15.8. The molecule has 0 unspecified atom stereocenters. The van der Waals surface area contributed by atoms with E-state index in [1.807, 2.05) is 0 Å². The lowest BCUT2D eigenvalue weighted by molar-refractivity contribution is 0.660. The summed E-state index contributed by atoms with van der Waals surface area (Å²) in [7, 11) is 0. The van der Waals surface area contributed by atoms with Crippen molar-refractivity contribution in [3.8, 4) is 100 Å². The molecule has 0 nitrogen and oxygen atoms in total. The Morgan fingerprint density at radius 3 is 0.764 bits per heavy atom. The molecule has 0 aliphatic heterocycles. The topological polar surface area (TPSA) is 0 Å². The van der Waals surface area contributed by atoms with Gasteiger partial charge in [0, 0.05) is 16.2 Å². The van der Waals surface area contributed by atoms with Gasteiger partial charge in [-0.2, -0.15) is 0 Å². The molecule has 0 heterocycles. The minimum atomic E-state index is -0.263. The third-order valence-electron chi connectivity index (χ3n) is 31.8. The van der Waals surface area contributed by atoms with E-state index in [-0.39, 0.29) is 32.5 Å². The monoisotopic (exact) mass is 1850 g/mol. The Balaban J connectivity index is 0.0000000988. The Hall–Kier alpha value is -16.4. The average molecular weight is 1850 g/mol. The summed E-state index contributed by atoms with van der Waals surface area (Å²) in [5, 5.41) is 0. The predicted octanol–water partition coefficient (Wildman–Crippen LogP) is 37.0. The molecule has 0 spiro atoms. The van der Waals surface area contributed by atoms with Crippen LogP contribution in [0.4, 0.5) is 0 Å². The van der Waals surface area contributed by atoms with Gasteiger partial charge in [0.2, 0.25) is 0 Å². The standard InChI is InChI=1S/3C26H20.3C22H20/c1-19-11-10-18-24-25(19)22-16-8-9-17-23(22)26(24,20-12-4-2-5-13-20)21-14-6-3-7-15-21;1-19-16-17-25-23(18-19)22-14-8-9-15-24(22)26(25,20-10-4-2-5-11-20)21-12-6-3-7-13-21;1-19-16-17-23-22-14-8-9-15-24(22)26(25(23)18-19,20-10-4-2-5-11-20)21-12-6-3-7-13-21;1-15-8-7-11-20-21(15)18-14-17(16-9-5-4-6-10-16)12-13-19(18)22(20,2)3;1-15-9-11-20-18(13-15)19-14-17(16-7-5-4-6-8-16)10-12-21(19)22(20,2)3;1-15-9-11-18-19-14-17(16-7-5-4-6-8-16)10-12-20(19)22(2,3)21(18)13-15/h3*2-18H,1H3;3*4-14H,1-3H3. The molecule has 0 aromatic heterocycles. The van der Waals surface area contributed by atoms with Crippen molar-refractivity contribution in [3.05, 3.63) is 643 Å². The fourth-order valence-corrected chi connectivity index (χ4v) is 25.0. The molecule has 0 fully saturated rings. The van der Waals surface area contributed by atoms with E-state index in [2.05, 4.69) is 593 Å². The molecule has 0 N–H and O–H groups in total. The molecule has 6 aliphatic rings. The van der Waals surface area contributed by atoms with Gasteiger partial charge in [-0.25, -0.2) is 0 Å². The lowest BCUT2D eigenvalue weighted by atomic mass is 9.67. The van der Waals surface area contributed by atoms with Crippen LogP contribution in [0.25, 0.3) is 100 Å². The molecule has 144 heavy (non-hydrogen) atoms. The molecule has 21 aromatic rings. The first-order chi connectivity index (χ1) is 70.2. The van der Waals surface area contributed by atoms with E-state index in [4.69, 9.17) is 0 Å². The average Bonchev–Trinajstić information content (AvgIpc) is 1.54. The maximum absolute atomic E-state index is 2.37. The van der Waals surface area contributed by atoms with E-state index in [0.717, 1.165) is 0 Å². The number of hydrogen-bond donors (Lipinski definition) is 0. The third-order valence-corrected chi connectivity index (χ3v) is 31.8. The quantitative estimate of drug-likeness (QED) is 0.135. The summed E-state index contributed by atoms with van der Waals surface area (Å²) >= 11 is 0. The van der Waals surface area contributed by atoms with Crippen molar-refractivity contribution in [2.75, 3.05) is 0 Å². The van der Waals surface area contributed by atoms with Gasteiger partial charge in [0.15, 0.2) is 0 Å². The van der Waals surface area contributed by atoms with E-state index >= 15 is 0 Å². The van der Waals surface area contributed by atoms with Crippen molar-refractivity contribution >= 4 is 0 Å².